The molecule has 0 aliphatic carbocycles. The fourth-order valence-electron chi connectivity index (χ4n) is 3.05. The lowest BCUT2D eigenvalue weighted by Crippen LogP contribution is -2.04. The molecule has 0 fully saturated rings. The number of aromatic nitrogens is 2. The third-order valence-corrected chi connectivity index (χ3v) is 4.59. The van der Waals surface area contributed by atoms with Gasteiger partial charge in [-0.15, -0.1) is 0 Å². The molecule has 3 rings (SSSR count). The van der Waals surface area contributed by atoms with Crippen LogP contribution < -0.4 is 4.74 Å². The largest absolute Gasteiger partial charge is 0.494 e. The molecule has 0 radical (unpaired) electrons. The molecule has 1 heterocycles. The summed E-state index contributed by atoms with van der Waals surface area (Å²) in [6, 6.07) is 12.7. The molecule has 0 saturated carbocycles. The SMILES string of the molecule is Cc1cccc(OCCCCn2c(C)nc3cc(C)c(C)cc32)c1. The molecule has 3 nitrogen and oxygen atoms in total. The minimum Gasteiger partial charge on any atom is -0.494 e. The topological polar surface area (TPSA) is 27.1 Å². The Morgan fingerprint density at radius 1 is 0.958 bits per heavy atom. The first-order chi connectivity index (χ1) is 11.5. The first-order valence-corrected chi connectivity index (χ1v) is 8.68. The molecule has 0 spiro atoms. The van der Waals surface area contributed by atoms with E-state index in [0.29, 0.717) is 0 Å². The highest BCUT2D eigenvalue weighted by molar-refractivity contribution is 5.78. The van der Waals surface area contributed by atoms with Crippen molar-refractivity contribution in [2.24, 2.45) is 0 Å². The molecule has 0 N–H and O–H groups in total. The van der Waals surface area contributed by atoms with E-state index in [1.54, 1.807) is 0 Å². The zero-order valence-corrected chi connectivity index (χ0v) is 15.1. The van der Waals surface area contributed by atoms with Crippen LogP contribution in [0, 0.1) is 27.7 Å². The predicted molar refractivity (Wildman–Crippen MR) is 99.9 cm³/mol. The van der Waals surface area contributed by atoms with Gasteiger partial charge in [-0.25, -0.2) is 4.98 Å². The van der Waals surface area contributed by atoms with Crippen LogP contribution in [0.4, 0.5) is 0 Å². The van der Waals surface area contributed by atoms with E-state index in [1.165, 1.54) is 22.2 Å². The van der Waals surface area contributed by atoms with Crippen molar-refractivity contribution < 1.29 is 4.74 Å². The predicted octanol–water partition coefficient (Wildman–Crippen LogP) is 5.13. The van der Waals surface area contributed by atoms with E-state index in [1.807, 2.05) is 12.1 Å². The average Bonchev–Trinajstić information content (AvgIpc) is 2.83. The van der Waals surface area contributed by atoms with Crippen LogP contribution >= 0.6 is 0 Å². The summed E-state index contributed by atoms with van der Waals surface area (Å²) >= 11 is 0. The van der Waals surface area contributed by atoms with Gasteiger partial charge in [-0.2, -0.15) is 0 Å². The Balaban J connectivity index is 1.58. The van der Waals surface area contributed by atoms with Crippen LogP contribution in [0.3, 0.4) is 0 Å². The van der Waals surface area contributed by atoms with E-state index in [9.17, 15) is 0 Å². The van der Waals surface area contributed by atoms with Gasteiger partial charge in [0.2, 0.25) is 0 Å². The van der Waals surface area contributed by atoms with Gasteiger partial charge in [0.1, 0.15) is 11.6 Å². The monoisotopic (exact) mass is 322 g/mol. The van der Waals surface area contributed by atoms with Gasteiger partial charge in [0, 0.05) is 6.54 Å². The number of benzene rings is 2. The van der Waals surface area contributed by atoms with Gasteiger partial charge in [0.25, 0.3) is 0 Å². The molecule has 126 valence electrons. The van der Waals surface area contributed by atoms with E-state index in [2.05, 4.69) is 56.5 Å². The maximum Gasteiger partial charge on any atom is 0.119 e. The smallest absolute Gasteiger partial charge is 0.119 e. The first kappa shape index (κ1) is 16.6. The quantitative estimate of drug-likeness (QED) is 0.588. The Bertz CT molecular complexity index is 848. The van der Waals surface area contributed by atoms with E-state index >= 15 is 0 Å². The minimum absolute atomic E-state index is 0.757. The van der Waals surface area contributed by atoms with Crippen LogP contribution in [0.5, 0.6) is 5.75 Å². The second kappa shape index (κ2) is 7.08. The average molecular weight is 322 g/mol. The van der Waals surface area contributed by atoms with Gasteiger partial charge in [-0.1, -0.05) is 12.1 Å². The normalized spacial score (nSPS) is 11.2. The molecule has 3 aromatic rings. The molecule has 0 atom stereocenters. The van der Waals surface area contributed by atoms with Crippen molar-refractivity contribution in [1.29, 1.82) is 0 Å². The standard InChI is InChI=1S/C21H26N2O/c1-15-8-7-9-19(12-15)24-11-6-5-10-23-18(4)22-20-13-16(2)17(3)14-21(20)23/h7-9,12-14H,5-6,10-11H2,1-4H3. The van der Waals surface area contributed by atoms with E-state index in [4.69, 9.17) is 9.72 Å². The maximum atomic E-state index is 5.83. The van der Waals surface area contributed by atoms with Crippen molar-refractivity contribution in [3.8, 4) is 5.75 Å². The van der Waals surface area contributed by atoms with Crippen molar-refractivity contribution in [3.63, 3.8) is 0 Å². The second-order valence-corrected chi connectivity index (χ2v) is 6.61. The lowest BCUT2D eigenvalue weighted by molar-refractivity contribution is 0.303. The van der Waals surface area contributed by atoms with Crippen LogP contribution in [0.2, 0.25) is 0 Å². The Kier molecular flexibility index (Phi) is 4.89. The van der Waals surface area contributed by atoms with Gasteiger partial charge >= 0.3 is 0 Å². The van der Waals surface area contributed by atoms with Crippen molar-refractivity contribution in [1.82, 2.24) is 9.55 Å². The van der Waals surface area contributed by atoms with Gasteiger partial charge in [0.05, 0.1) is 17.6 Å². The highest BCUT2D eigenvalue weighted by Gasteiger charge is 2.08. The molecule has 0 saturated heterocycles. The molecular formula is C21H26N2O. The number of hydrogen-bond acceptors (Lipinski definition) is 2. The number of fused-ring (bicyclic) bond motifs is 1. The molecule has 0 aliphatic rings. The molecule has 0 bridgehead atoms. The number of ether oxygens (including phenoxy) is 1. The number of nitrogens with zero attached hydrogens (tertiary/aromatic N) is 2. The molecule has 3 heteroatoms. The highest BCUT2D eigenvalue weighted by Crippen LogP contribution is 2.21. The fraction of sp³-hybridized carbons (Fsp3) is 0.381. The Morgan fingerprint density at radius 3 is 2.54 bits per heavy atom. The van der Waals surface area contributed by atoms with Gasteiger partial charge < -0.3 is 9.30 Å². The van der Waals surface area contributed by atoms with Crippen molar-refractivity contribution in [3.05, 3.63) is 58.9 Å². The molecular weight excluding hydrogens is 296 g/mol. The number of unbranched alkanes of at least 4 members (excludes halogenated alkanes) is 1. The van der Waals surface area contributed by atoms with Gasteiger partial charge in [-0.3, -0.25) is 0 Å². The zero-order valence-electron chi connectivity index (χ0n) is 15.1. The number of hydrogen-bond donors (Lipinski definition) is 0. The summed E-state index contributed by atoms with van der Waals surface area (Å²) in [4.78, 5) is 4.70. The maximum absolute atomic E-state index is 5.83. The van der Waals surface area contributed by atoms with E-state index < -0.39 is 0 Å². The van der Waals surface area contributed by atoms with Crippen LogP contribution in [0.1, 0.15) is 35.4 Å². The summed E-state index contributed by atoms with van der Waals surface area (Å²) in [6.45, 7) is 10.2. The number of rotatable bonds is 6. The van der Waals surface area contributed by atoms with Crippen LogP contribution in [0.25, 0.3) is 11.0 Å². The third kappa shape index (κ3) is 3.61. The Labute approximate surface area is 144 Å². The summed E-state index contributed by atoms with van der Waals surface area (Å²) < 4.78 is 8.16. The van der Waals surface area contributed by atoms with Crippen molar-refractivity contribution in [2.75, 3.05) is 6.61 Å². The zero-order chi connectivity index (χ0) is 17.1. The molecule has 0 unspecified atom stereocenters. The van der Waals surface area contributed by atoms with Crippen molar-refractivity contribution >= 4 is 11.0 Å². The van der Waals surface area contributed by atoms with E-state index in [0.717, 1.165) is 43.1 Å². The van der Waals surface area contributed by atoms with Crippen LogP contribution in [-0.4, -0.2) is 16.2 Å². The summed E-state index contributed by atoms with van der Waals surface area (Å²) in [6.07, 6.45) is 2.13. The molecule has 2 aromatic carbocycles. The number of imidazole rings is 1. The molecule has 0 amide bonds. The first-order valence-electron chi connectivity index (χ1n) is 8.68. The van der Waals surface area contributed by atoms with Crippen molar-refractivity contribution in [2.45, 2.75) is 47.1 Å². The lowest BCUT2D eigenvalue weighted by Gasteiger charge is -2.09. The summed E-state index contributed by atoms with van der Waals surface area (Å²) in [5, 5.41) is 0. The highest BCUT2D eigenvalue weighted by atomic mass is 16.5. The number of aryl methyl sites for hydroxylation is 5. The van der Waals surface area contributed by atoms with Crippen LogP contribution in [0.15, 0.2) is 36.4 Å². The van der Waals surface area contributed by atoms with E-state index in [-0.39, 0.29) is 0 Å². The summed E-state index contributed by atoms with van der Waals surface area (Å²) in [7, 11) is 0. The molecule has 1 aromatic heterocycles. The lowest BCUT2D eigenvalue weighted by atomic mass is 10.1. The Morgan fingerprint density at radius 2 is 1.75 bits per heavy atom. The third-order valence-electron chi connectivity index (χ3n) is 4.59. The van der Waals surface area contributed by atoms with Gasteiger partial charge in [-0.05, 0) is 81.5 Å². The molecule has 24 heavy (non-hydrogen) atoms. The van der Waals surface area contributed by atoms with Gasteiger partial charge in [0.15, 0.2) is 0 Å². The fourth-order valence-corrected chi connectivity index (χ4v) is 3.05. The second-order valence-electron chi connectivity index (χ2n) is 6.61. The summed E-state index contributed by atoms with van der Waals surface area (Å²) in [5.41, 5.74) is 6.21. The molecule has 0 aliphatic heterocycles. The minimum atomic E-state index is 0.757. The van der Waals surface area contributed by atoms with Crippen LogP contribution in [-0.2, 0) is 6.54 Å². The summed E-state index contributed by atoms with van der Waals surface area (Å²) in [5.74, 6) is 2.06. The Hall–Kier alpha value is -2.29.